The Hall–Kier alpha value is -2.95. The fourth-order valence-electron chi connectivity index (χ4n) is 3.59. The summed E-state index contributed by atoms with van der Waals surface area (Å²) in [6, 6.07) is 9.25. The third-order valence-electron chi connectivity index (χ3n) is 5.16. The van der Waals surface area contributed by atoms with E-state index >= 15 is 0 Å². The van der Waals surface area contributed by atoms with E-state index in [-0.39, 0.29) is 0 Å². The monoisotopic (exact) mass is 427 g/mol. The molecule has 5 rings (SSSR count). The highest BCUT2D eigenvalue weighted by Gasteiger charge is 2.47. The highest BCUT2D eigenvalue weighted by Crippen LogP contribution is 2.63. The lowest BCUT2D eigenvalue weighted by Crippen LogP contribution is -2.43. The van der Waals surface area contributed by atoms with Crippen LogP contribution in [0.4, 0.5) is 0 Å². The van der Waals surface area contributed by atoms with Crippen molar-refractivity contribution in [3.63, 3.8) is 0 Å². The normalized spacial score (nSPS) is 22.2. The highest BCUT2D eigenvalue weighted by atomic mass is 32.3. The predicted octanol–water partition coefficient (Wildman–Crippen LogP) is 1.50. The molecule has 3 aliphatic rings. The predicted molar refractivity (Wildman–Crippen MR) is 111 cm³/mol. The number of imidazole rings is 1. The SMILES string of the molecule is CN1CCN(Cc2cn3c(n2)S2(OC(=O)C=CC(=O)O2)C(c2ccccc2)=N3)CC1. The lowest BCUT2D eigenvalue weighted by Gasteiger charge is -2.34. The van der Waals surface area contributed by atoms with Gasteiger partial charge in [0.2, 0.25) is 5.04 Å². The Morgan fingerprint density at radius 3 is 2.33 bits per heavy atom. The molecular formula is C20H21N5O4S. The van der Waals surface area contributed by atoms with Crippen molar-refractivity contribution >= 4 is 27.6 Å². The van der Waals surface area contributed by atoms with Crippen LogP contribution < -0.4 is 0 Å². The number of fused-ring (bicyclic) bond motifs is 2. The molecule has 3 aliphatic heterocycles. The van der Waals surface area contributed by atoms with Crippen LogP contribution in [0.5, 0.6) is 0 Å². The molecule has 1 fully saturated rings. The Morgan fingerprint density at radius 2 is 1.67 bits per heavy atom. The fraction of sp³-hybridized carbons (Fsp3) is 0.300. The first kappa shape index (κ1) is 19.0. The molecule has 156 valence electrons. The molecule has 0 atom stereocenters. The summed E-state index contributed by atoms with van der Waals surface area (Å²) in [4.78, 5) is 33.9. The van der Waals surface area contributed by atoms with E-state index in [1.807, 2.05) is 36.5 Å². The number of benzene rings is 1. The molecule has 10 heteroatoms. The van der Waals surface area contributed by atoms with Crippen molar-refractivity contribution in [1.29, 1.82) is 0 Å². The first-order chi connectivity index (χ1) is 14.5. The number of piperazine rings is 1. The van der Waals surface area contributed by atoms with Crippen LogP contribution in [0.1, 0.15) is 11.3 Å². The number of nitrogens with zero attached hydrogens (tertiary/aromatic N) is 5. The summed E-state index contributed by atoms with van der Waals surface area (Å²) in [5.41, 5.74) is 1.50. The van der Waals surface area contributed by atoms with Crippen molar-refractivity contribution in [3.8, 4) is 0 Å². The van der Waals surface area contributed by atoms with Crippen LogP contribution in [0.25, 0.3) is 0 Å². The number of hydrogen-bond acceptors (Lipinski definition) is 8. The van der Waals surface area contributed by atoms with Crippen LogP contribution in [-0.2, 0) is 24.5 Å². The Balaban J connectivity index is 1.53. The quantitative estimate of drug-likeness (QED) is 0.733. The molecule has 1 aromatic carbocycles. The Morgan fingerprint density at radius 1 is 1.00 bits per heavy atom. The van der Waals surface area contributed by atoms with Gasteiger partial charge in [0.1, 0.15) is 0 Å². The molecule has 1 aromatic heterocycles. The summed E-state index contributed by atoms with van der Waals surface area (Å²) in [5.74, 6) is -1.31. The van der Waals surface area contributed by atoms with Gasteiger partial charge in [-0.25, -0.2) is 19.2 Å². The van der Waals surface area contributed by atoms with Crippen molar-refractivity contribution < 1.29 is 18.0 Å². The van der Waals surface area contributed by atoms with Crippen molar-refractivity contribution in [3.05, 3.63) is 59.9 Å². The summed E-state index contributed by atoms with van der Waals surface area (Å²) >= 11 is 0. The van der Waals surface area contributed by atoms with Gasteiger partial charge in [-0.1, -0.05) is 30.3 Å². The summed E-state index contributed by atoms with van der Waals surface area (Å²) in [6.07, 6.45) is 3.96. The van der Waals surface area contributed by atoms with Gasteiger partial charge in [0.25, 0.3) is 5.16 Å². The molecule has 0 radical (unpaired) electrons. The maximum Gasteiger partial charge on any atom is 0.354 e. The van der Waals surface area contributed by atoms with Crippen LogP contribution in [0, 0.1) is 0 Å². The molecule has 0 unspecified atom stereocenters. The largest absolute Gasteiger partial charge is 0.354 e. The molecule has 0 N–H and O–H groups in total. The zero-order chi connectivity index (χ0) is 20.7. The van der Waals surface area contributed by atoms with Crippen LogP contribution in [0.2, 0.25) is 0 Å². The molecule has 1 saturated heterocycles. The first-order valence-electron chi connectivity index (χ1n) is 9.65. The van der Waals surface area contributed by atoms with E-state index in [2.05, 4.69) is 21.9 Å². The van der Waals surface area contributed by atoms with Gasteiger partial charge >= 0.3 is 11.9 Å². The molecule has 0 aliphatic carbocycles. The summed E-state index contributed by atoms with van der Waals surface area (Å²) in [5, 5.41) is 5.37. The van der Waals surface area contributed by atoms with Crippen LogP contribution in [0.3, 0.4) is 0 Å². The smallest absolute Gasteiger partial charge is 0.327 e. The molecule has 0 amide bonds. The van der Waals surface area contributed by atoms with Crippen molar-refractivity contribution in [1.82, 2.24) is 19.5 Å². The lowest BCUT2D eigenvalue weighted by molar-refractivity contribution is -0.129. The third kappa shape index (κ3) is 3.32. The van der Waals surface area contributed by atoms with E-state index in [4.69, 9.17) is 13.4 Å². The minimum Gasteiger partial charge on any atom is -0.327 e. The minimum absolute atomic E-state index is 0.343. The first-order valence-corrected chi connectivity index (χ1v) is 11.1. The van der Waals surface area contributed by atoms with Gasteiger partial charge in [0.15, 0.2) is 0 Å². The minimum atomic E-state index is -2.97. The van der Waals surface area contributed by atoms with Crippen molar-refractivity contribution in [2.75, 3.05) is 33.2 Å². The Bertz CT molecular complexity index is 1040. The molecule has 0 saturated carbocycles. The fourth-order valence-corrected chi connectivity index (χ4v) is 5.90. The molecular weight excluding hydrogens is 406 g/mol. The van der Waals surface area contributed by atoms with Gasteiger partial charge in [0, 0.05) is 61.0 Å². The Kier molecular flexibility index (Phi) is 4.69. The third-order valence-corrected chi connectivity index (χ3v) is 7.54. The number of hydrogen-bond donors (Lipinski definition) is 0. The van der Waals surface area contributed by atoms with Gasteiger partial charge in [-0.05, 0) is 7.05 Å². The maximum atomic E-state index is 12.3. The van der Waals surface area contributed by atoms with Gasteiger partial charge in [-0.2, -0.15) is 0 Å². The van der Waals surface area contributed by atoms with E-state index in [9.17, 15) is 9.59 Å². The molecule has 30 heavy (non-hydrogen) atoms. The van der Waals surface area contributed by atoms with E-state index < -0.39 is 22.5 Å². The summed E-state index contributed by atoms with van der Waals surface area (Å²) in [7, 11) is -0.856. The van der Waals surface area contributed by atoms with Crippen LogP contribution in [0.15, 0.2) is 58.9 Å². The molecule has 0 bridgehead atoms. The number of likely N-dealkylation sites (N-methyl/N-ethyl adjacent to an activating group) is 1. The second-order valence-corrected chi connectivity index (χ2v) is 9.44. The van der Waals surface area contributed by atoms with Crippen molar-refractivity contribution in [2.24, 2.45) is 5.10 Å². The lowest BCUT2D eigenvalue weighted by atomic mass is 10.2. The summed E-state index contributed by atoms with van der Waals surface area (Å²) < 4.78 is 13.0. The molecule has 1 spiro atoms. The summed E-state index contributed by atoms with van der Waals surface area (Å²) in [6.45, 7) is 4.55. The Labute approximate surface area is 175 Å². The maximum absolute atomic E-state index is 12.3. The topological polar surface area (TPSA) is 89.3 Å². The van der Waals surface area contributed by atoms with E-state index in [0.717, 1.165) is 44.0 Å². The number of carbonyl (C=O) groups is 2. The average Bonchev–Trinajstić information content (AvgIpc) is 3.21. The van der Waals surface area contributed by atoms with Crippen LogP contribution >= 0.6 is 10.6 Å². The molecule has 4 heterocycles. The van der Waals surface area contributed by atoms with Crippen LogP contribution in [-0.4, -0.2) is 69.7 Å². The van der Waals surface area contributed by atoms with Crippen molar-refractivity contribution in [2.45, 2.75) is 11.7 Å². The zero-order valence-electron chi connectivity index (χ0n) is 16.4. The zero-order valence-corrected chi connectivity index (χ0v) is 17.2. The average molecular weight is 427 g/mol. The molecule has 9 nitrogen and oxygen atoms in total. The number of carbonyl (C=O) groups excluding carboxylic acids is 2. The van der Waals surface area contributed by atoms with Gasteiger partial charge in [-0.15, -0.1) is 5.10 Å². The van der Waals surface area contributed by atoms with E-state index in [1.54, 1.807) is 4.68 Å². The van der Waals surface area contributed by atoms with Gasteiger partial charge < -0.3 is 13.3 Å². The highest BCUT2D eigenvalue weighted by molar-refractivity contribution is 8.39. The van der Waals surface area contributed by atoms with Gasteiger partial charge in [-0.3, -0.25) is 4.90 Å². The number of aromatic nitrogens is 2. The van der Waals surface area contributed by atoms with Gasteiger partial charge in [0.05, 0.1) is 11.9 Å². The van der Waals surface area contributed by atoms with E-state index in [0.29, 0.717) is 22.3 Å². The number of rotatable bonds is 3. The molecule has 2 aromatic rings. The second kappa shape index (κ2) is 7.38. The second-order valence-electron chi connectivity index (χ2n) is 7.35. The standard InChI is InChI=1S/C20H21N5O4S/c1-23-9-11-24(12-10-23)13-16-14-25-20(21-16)30(28-17(26)7-8-18(27)29-30)19(22-25)15-5-3-2-4-6-15/h2-8,14H,9-13H2,1H3. The van der Waals surface area contributed by atoms with E-state index in [1.165, 1.54) is 0 Å².